The Labute approximate surface area is 114 Å². The molecule has 0 fully saturated rings. The van der Waals surface area contributed by atoms with E-state index in [1.807, 2.05) is 6.92 Å². The Morgan fingerprint density at radius 2 is 2.17 bits per heavy atom. The van der Waals surface area contributed by atoms with E-state index in [1.54, 1.807) is 19.9 Å². The molecule has 0 bridgehead atoms. The van der Waals surface area contributed by atoms with E-state index in [0.29, 0.717) is 12.3 Å². The molecule has 0 unspecified atom stereocenters. The minimum absolute atomic E-state index is 0.287. The number of hydrogen-bond acceptors (Lipinski definition) is 4. The lowest BCUT2D eigenvalue weighted by molar-refractivity contribution is -0.137. The number of carbonyl (C=O) groups excluding carboxylic acids is 1. The Hall–Kier alpha value is -1.43. The van der Waals surface area contributed by atoms with E-state index in [9.17, 15) is 9.59 Å². The van der Waals surface area contributed by atoms with Crippen LogP contribution in [0.25, 0.3) is 0 Å². The molecule has 0 atom stereocenters. The van der Waals surface area contributed by atoms with Crippen molar-refractivity contribution in [3.8, 4) is 0 Å². The van der Waals surface area contributed by atoms with Gasteiger partial charge in [-0.3, -0.25) is 4.57 Å². The lowest BCUT2D eigenvalue weighted by Gasteiger charge is -2.09. The van der Waals surface area contributed by atoms with Gasteiger partial charge >= 0.3 is 11.7 Å². The van der Waals surface area contributed by atoms with Crippen LogP contribution < -0.4 is 5.69 Å². The van der Waals surface area contributed by atoms with Crippen LogP contribution >= 0.6 is 15.9 Å². The number of allylic oxidation sites excluding steroid dienone is 1. The fourth-order valence-electron chi connectivity index (χ4n) is 1.44. The van der Waals surface area contributed by atoms with Crippen LogP contribution in [0.2, 0.25) is 0 Å². The Morgan fingerprint density at radius 3 is 2.78 bits per heavy atom. The van der Waals surface area contributed by atoms with E-state index in [-0.39, 0.29) is 12.2 Å². The SMILES string of the molecule is CCOC(=O)/C=C/Cn1c(C)c(Br)c(C)nc1=O. The quantitative estimate of drug-likeness (QED) is 0.627. The van der Waals surface area contributed by atoms with Crippen molar-refractivity contribution in [2.24, 2.45) is 0 Å². The van der Waals surface area contributed by atoms with E-state index in [0.717, 1.165) is 10.2 Å². The van der Waals surface area contributed by atoms with Crippen LogP contribution in [0.1, 0.15) is 18.3 Å². The largest absolute Gasteiger partial charge is 0.463 e. The second-order valence-electron chi connectivity index (χ2n) is 3.64. The van der Waals surface area contributed by atoms with E-state index in [1.165, 1.54) is 10.6 Å². The van der Waals surface area contributed by atoms with Crippen LogP contribution in [0.5, 0.6) is 0 Å². The highest BCUT2D eigenvalue weighted by molar-refractivity contribution is 9.10. The molecule has 0 amide bonds. The second-order valence-corrected chi connectivity index (χ2v) is 4.44. The molecule has 18 heavy (non-hydrogen) atoms. The zero-order chi connectivity index (χ0) is 13.7. The highest BCUT2D eigenvalue weighted by Gasteiger charge is 2.07. The van der Waals surface area contributed by atoms with Crippen LogP contribution in [0, 0.1) is 13.8 Å². The van der Waals surface area contributed by atoms with Crippen molar-refractivity contribution in [3.05, 3.63) is 38.5 Å². The summed E-state index contributed by atoms with van der Waals surface area (Å²) in [5, 5.41) is 0. The van der Waals surface area contributed by atoms with Crippen LogP contribution in [-0.2, 0) is 16.1 Å². The van der Waals surface area contributed by atoms with Gasteiger partial charge in [-0.25, -0.2) is 9.59 Å². The van der Waals surface area contributed by atoms with Crippen LogP contribution in [0.15, 0.2) is 21.4 Å². The average Bonchev–Trinajstić information content (AvgIpc) is 2.31. The van der Waals surface area contributed by atoms with E-state index >= 15 is 0 Å². The minimum atomic E-state index is -0.415. The second kappa shape index (κ2) is 6.49. The van der Waals surface area contributed by atoms with Gasteiger partial charge in [0.15, 0.2) is 0 Å². The molecule has 0 saturated heterocycles. The van der Waals surface area contributed by atoms with Gasteiger partial charge in [0.05, 0.1) is 16.8 Å². The van der Waals surface area contributed by atoms with Crippen molar-refractivity contribution in [1.82, 2.24) is 9.55 Å². The van der Waals surface area contributed by atoms with Crippen molar-refractivity contribution in [2.75, 3.05) is 6.61 Å². The van der Waals surface area contributed by atoms with Crippen molar-refractivity contribution < 1.29 is 9.53 Å². The molecule has 0 aromatic carbocycles. The van der Waals surface area contributed by atoms with Gasteiger partial charge in [0.25, 0.3) is 0 Å². The van der Waals surface area contributed by atoms with E-state index in [4.69, 9.17) is 4.74 Å². The molecule has 6 heteroatoms. The van der Waals surface area contributed by atoms with Crippen molar-refractivity contribution in [3.63, 3.8) is 0 Å². The summed E-state index contributed by atoms with van der Waals surface area (Å²) in [5.41, 5.74) is 1.10. The molecule has 5 nitrogen and oxygen atoms in total. The fourth-order valence-corrected chi connectivity index (χ4v) is 1.74. The van der Waals surface area contributed by atoms with Gasteiger partial charge in [-0.1, -0.05) is 6.08 Å². The number of esters is 1. The summed E-state index contributed by atoms with van der Waals surface area (Å²) < 4.78 is 7.02. The van der Waals surface area contributed by atoms with E-state index in [2.05, 4.69) is 20.9 Å². The highest BCUT2D eigenvalue weighted by atomic mass is 79.9. The molecule has 0 saturated carbocycles. The topological polar surface area (TPSA) is 61.2 Å². The average molecular weight is 315 g/mol. The Morgan fingerprint density at radius 1 is 1.50 bits per heavy atom. The maximum absolute atomic E-state index is 11.7. The standard InChI is InChI=1S/C12H15BrN2O3/c1-4-18-10(16)6-5-7-15-9(3)11(13)8(2)14-12(15)17/h5-6H,4,7H2,1-3H3/b6-5+. The zero-order valence-electron chi connectivity index (χ0n) is 10.6. The predicted octanol–water partition coefficient (Wildman–Crippen LogP) is 1.74. The lowest BCUT2D eigenvalue weighted by atomic mass is 10.3. The lowest BCUT2D eigenvalue weighted by Crippen LogP contribution is -2.26. The number of ether oxygens (including phenoxy) is 1. The Kier molecular flexibility index (Phi) is 5.27. The van der Waals surface area contributed by atoms with E-state index < -0.39 is 5.97 Å². The first kappa shape index (κ1) is 14.6. The number of aryl methyl sites for hydroxylation is 1. The van der Waals surface area contributed by atoms with Gasteiger partial charge in [0.1, 0.15) is 0 Å². The maximum atomic E-state index is 11.7. The molecule has 1 aromatic rings. The van der Waals surface area contributed by atoms with Gasteiger partial charge < -0.3 is 4.74 Å². The summed E-state index contributed by atoms with van der Waals surface area (Å²) in [6, 6.07) is 0. The van der Waals surface area contributed by atoms with Crippen LogP contribution in [0.3, 0.4) is 0 Å². The highest BCUT2D eigenvalue weighted by Crippen LogP contribution is 2.16. The smallest absolute Gasteiger partial charge is 0.348 e. The molecule has 0 radical (unpaired) electrons. The molecular weight excluding hydrogens is 300 g/mol. The van der Waals surface area contributed by atoms with Crippen LogP contribution in [0.4, 0.5) is 0 Å². The summed E-state index contributed by atoms with van der Waals surface area (Å²) in [4.78, 5) is 26.7. The monoisotopic (exact) mass is 314 g/mol. The predicted molar refractivity (Wildman–Crippen MR) is 71.4 cm³/mol. The summed E-state index contributed by atoms with van der Waals surface area (Å²) in [5.74, 6) is -0.415. The summed E-state index contributed by atoms with van der Waals surface area (Å²) in [7, 11) is 0. The Balaban J connectivity index is 2.90. The summed E-state index contributed by atoms with van der Waals surface area (Å²) in [6.45, 7) is 5.94. The first-order valence-corrected chi connectivity index (χ1v) is 6.33. The Bertz CT molecular complexity index is 535. The van der Waals surface area contributed by atoms with Gasteiger partial charge in [-0.2, -0.15) is 4.98 Å². The first-order chi connectivity index (χ1) is 8.47. The molecule has 1 aromatic heterocycles. The van der Waals surface area contributed by atoms with Crippen molar-refractivity contribution >= 4 is 21.9 Å². The van der Waals surface area contributed by atoms with Crippen molar-refractivity contribution in [1.29, 1.82) is 0 Å². The minimum Gasteiger partial charge on any atom is -0.463 e. The molecule has 1 heterocycles. The molecule has 0 aliphatic heterocycles. The maximum Gasteiger partial charge on any atom is 0.348 e. The number of rotatable bonds is 4. The number of carbonyl (C=O) groups is 1. The fraction of sp³-hybridized carbons (Fsp3) is 0.417. The number of aromatic nitrogens is 2. The first-order valence-electron chi connectivity index (χ1n) is 5.54. The molecule has 98 valence electrons. The number of hydrogen-bond donors (Lipinski definition) is 0. The third kappa shape index (κ3) is 3.53. The zero-order valence-corrected chi connectivity index (χ0v) is 12.2. The van der Waals surface area contributed by atoms with Gasteiger partial charge in [-0.15, -0.1) is 0 Å². The van der Waals surface area contributed by atoms with Gasteiger partial charge in [-0.05, 0) is 36.7 Å². The number of nitrogens with zero attached hydrogens (tertiary/aromatic N) is 2. The normalized spacial score (nSPS) is 10.9. The molecule has 0 spiro atoms. The molecule has 0 aliphatic carbocycles. The molecular formula is C12H15BrN2O3. The van der Waals surface area contributed by atoms with Crippen molar-refractivity contribution in [2.45, 2.75) is 27.3 Å². The third-order valence-electron chi connectivity index (χ3n) is 2.36. The molecule has 0 N–H and O–H groups in total. The summed E-state index contributed by atoms with van der Waals surface area (Å²) >= 11 is 3.37. The summed E-state index contributed by atoms with van der Waals surface area (Å²) in [6.07, 6.45) is 2.89. The molecule has 1 rings (SSSR count). The van der Waals surface area contributed by atoms with Crippen LogP contribution in [-0.4, -0.2) is 22.1 Å². The third-order valence-corrected chi connectivity index (χ3v) is 3.51. The van der Waals surface area contributed by atoms with Gasteiger partial charge in [0.2, 0.25) is 0 Å². The van der Waals surface area contributed by atoms with Gasteiger partial charge in [0, 0.05) is 18.3 Å². The molecule has 0 aliphatic rings. The number of halogens is 1.